The Kier molecular flexibility index (Phi) is 5.91. The molecule has 0 aliphatic carbocycles. The molecule has 1 amide bonds. The number of alkyl halides is 1. The van der Waals surface area contributed by atoms with Crippen LogP contribution in [0.5, 0.6) is 0 Å². The molecule has 0 saturated carbocycles. The fraction of sp³-hybridized carbons (Fsp3) is 0.889. The van der Waals surface area contributed by atoms with E-state index in [0.29, 0.717) is 32.2 Å². The maximum absolute atomic E-state index is 11.4. The van der Waals surface area contributed by atoms with E-state index in [2.05, 4.69) is 5.32 Å². The Balaban J connectivity index is 2.07. The SMILES string of the molecule is O=C(NCCCCCl)C1COCCO1. The van der Waals surface area contributed by atoms with Crippen LogP contribution in [0.15, 0.2) is 0 Å². The Hall–Kier alpha value is -0.320. The molecule has 0 aromatic heterocycles. The van der Waals surface area contributed by atoms with Gasteiger partial charge in [-0.05, 0) is 12.8 Å². The van der Waals surface area contributed by atoms with Crippen molar-refractivity contribution in [1.82, 2.24) is 5.32 Å². The Morgan fingerprint density at radius 1 is 1.43 bits per heavy atom. The van der Waals surface area contributed by atoms with Gasteiger partial charge in [0.15, 0.2) is 6.10 Å². The normalized spacial score (nSPS) is 21.9. The van der Waals surface area contributed by atoms with Crippen molar-refractivity contribution in [2.45, 2.75) is 18.9 Å². The molecular weight excluding hydrogens is 206 g/mol. The third kappa shape index (κ3) is 4.26. The molecule has 0 spiro atoms. The van der Waals surface area contributed by atoms with Gasteiger partial charge in [-0.15, -0.1) is 11.6 Å². The molecule has 4 nitrogen and oxygen atoms in total. The summed E-state index contributed by atoms with van der Waals surface area (Å²) in [4.78, 5) is 11.4. The number of hydrogen-bond acceptors (Lipinski definition) is 3. The molecule has 1 aliphatic heterocycles. The number of carbonyl (C=O) groups is 1. The van der Waals surface area contributed by atoms with Crippen LogP contribution in [0.25, 0.3) is 0 Å². The van der Waals surface area contributed by atoms with Crippen molar-refractivity contribution in [3.05, 3.63) is 0 Å². The van der Waals surface area contributed by atoms with E-state index in [4.69, 9.17) is 21.1 Å². The molecule has 0 bridgehead atoms. The second-order valence-corrected chi connectivity index (χ2v) is 3.50. The highest BCUT2D eigenvalue weighted by Gasteiger charge is 2.21. The molecule has 82 valence electrons. The van der Waals surface area contributed by atoms with E-state index in [1.54, 1.807) is 0 Å². The largest absolute Gasteiger partial charge is 0.376 e. The van der Waals surface area contributed by atoms with Crippen LogP contribution in [-0.4, -0.2) is 44.3 Å². The van der Waals surface area contributed by atoms with Gasteiger partial charge in [-0.25, -0.2) is 0 Å². The van der Waals surface area contributed by atoms with Crippen LogP contribution in [0.2, 0.25) is 0 Å². The van der Waals surface area contributed by atoms with Crippen LogP contribution < -0.4 is 5.32 Å². The van der Waals surface area contributed by atoms with E-state index in [0.717, 1.165) is 12.8 Å². The number of carbonyl (C=O) groups excluding carboxylic acids is 1. The first kappa shape index (κ1) is 11.8. The van der Waals surface area contributed by atoms with Gasteiger partial charge in [0.25, 0.3) is 5.91 Å². The van der Waals surface area contributed by atoms with Crippen molar-refractivity contribution in [3.8, 4) is 0 Å². The highest BCUT2D eigenvalue weighted by atomic mass is 35.5. The van der Waals surface area contributed by atoms with Crippen molar-refractivity contribution in [2.75, 3.05) is 32.2 Å². The van der Waals surface area contributed by atoms with E-state index in [9.17, 15) is 4.79 Å². The quantitative estimate of drug-likeness (QED) is 0.545. The van der Waals surface area contributed by atoms with Crippen molar-refractivity contribution in [2.24, 2.45) is 0 Å². The molecule has 1 aliphatic rings. The van der Waals surface area contributed by atoms with Gasteiger partial charge in [-0.2, -0.15) is 0 Å². The van der Waals surface area contributed by atoms with E-state index in [-0.39, 0.29) is 5.91 Å². The minimum atomic E-state index is -0.431. The molecule has 1 fully saturated rings. The van der Waals surface area contributed by atoms with E-state index < -0.39 is 6.10 Å². The topological polar surface area (TPSA) is 47.6 Å². The highest BCUT2D eigenvalue weighted by molar-refractivity contribution is 6.17. The maximum Gasteiger partial charge on any atom is 0.251 e. The van der Waals surface area contributed by atoms with E-state index >= 15 is 0 Å². The van der Waals surface area contributed by atoms with Gasteiger partial charge in [0.1, 0.15) is 0 Å². The molecule has 1 unspecified atom stereocenters. The van der Waals surface area contributed by atoms with Gasteiger partial charge in [0.05, 0.1) is 19.8 Å². The molecule has 1 saturated heterocycles. The summed E-state index contributed by atoms with van der Waals surface area (Å²) >= 11 is 5.51. The van der Waals surface area contributed by atoms with Gasteiger partial charge in [0, 0.05) is 12.4 Å². The number of ether oxygens (including phenoxy) is 2. The standard InChI is InChI=1S/C9H16ClNO3/c10-3-1-2-4-11-9(12)8-7-13-5-6-14-8/h8H,1-7H2,(H,11,12). The Labute approximate surface area is 88.9 Å². The predicted octanol–water partition coefficient (Wildman–Crippen LogP) is 0.537. The zero-order valence-electron chi connectivity index (χ0n) is 8.13. The summed E-state index contributed by atoms with van der Waals surface area (Å²) in [6, 6.07) is 0. The van der Waals surface area contributed by atoms with Crippen LogP contribution >= 0.6 is 11.6 Å². The highest BCUT2D eigenvalue weighted by Crippen LogP contribution is 2.00. The summed E-state index contributed by atoms with van der Waals surface area (Å²) in [5.74, 6) is 0.554. The minimum Gasteiger partial charge on any atom is -0.376 e. The molecular formula is C9H16ClNO3. The van der Waals surface area contributed by atoms with Crippen molar-refractivity contribution in [1.29, 1.82) is 0 Å². The first-order chi connectivity index (χ1) is 6.84. The summed E-state index contributed by atoms with van der Waals surface area (Å²) in [6.07, 6.45) is 1.40. The van der Waals surface area contributed by atoms with Crippen LogP contribution in [0, 0.1) is 0 Å². The number of nitrogens with one attached hydrogen (secondary N) is 1. The van der Waals surface area contributed by atoms with Gasteiger partial charge >= 0.3 is 0 Å². The molecule has 1 N–H and O–H groups in total. The Bertz CT molecular complexity index is 171. The molecule has 0 aromatic carbocycles. The predicted molar refractivity (Wildman–Crippen MR) is 53.5 cm³/mol. The van der Waals surface area contributed by atoms with Crippen LogP contribution in [0.1, 0.15) is 12.8 Å². The minimum absolute atomic E-state index is 0.0840. The first-order valence-corrected chi connectivity index (χ1v) is 5.41. The molecule has 14 heavy (non-hydrogen) atoms. The lowest BCUT2D eigenvalue weighted by Gasteiger charge is -2.21. The van der Waals surface area contributed by atoms with Gasteiger partial charge in [-0.3, -0.25) is 4.79 Å². The van der Waals surface area contributed by atoms with Crippen LogP contribution in [-0.2, 0) is 14.3 Å². The average molecular weight is 222 g/mol. The summed E-state index contributed by atoms with van der Waals surface area (Å²) < 4.78 is 10.4. The number of unbranched alkanes of at least 4 members (excludes halogenated alkanes) is 1. The average Bonchev–Trinajstić information content (AvgIpc) is 2.25. The van der Waals surface area contributed by atoms with E-state index in [1.807, 2.05) is 0 Å². The van der Waals surface area contributed by atoms with Crippen LogP contribution in [0.4, 0.5) is 0 Å². The molecule has 1 heterocycles. The third-order valence-corrected chi connectivity index (χ3v) is 2.24. The lowest BCUT2D eigenvalue weighted by molar-refractivity contribution is -0.147. The molecule has 0 radical (unpaired) electrons. The van der Waals surface area contributed by atoms with Crippen molar-refractivity contribution < 1.29 is 14.3 Å². The number of rotatable bonds is 5. The van der Waals surface area contributed by atoms with Gasteiger partial charge in [0.2, 0.25) is 0 Å². The lowest BCUT2D eigenvalue weighted by Crippen LogP contribution is -2.43. The maximum atomic E-state index is 11.4. The molecule has 0 aromatic rings. The number of hydrogen-bond donors (Lipinski definition) is 1. The van der Waals surface area contributed by atoms with Crippen molar-refractivity contribution >= 4 is 17.5 Å². The van der Waals surface area contributed by atoms with Crippen molar-refractivity contribution in [3.63, 3.8) is 0 Å². The third-order valence-electron chi connectivity index (χ3n) is 1.97. The smallest absolute Gasteiger partial charge is 0.251 e. The Morgan fingerprint density at radius 2 is 2.29 bits per heavy atom. The molecule has 1 rings (SSSR count). The zero-order chi connectivity index (χ0) is 10.2. The first-order valence-electron chi connectivity index (χ1n) is 4.87. The summed E-state index contributed by atoms with van der Waals surface area (Å²) in [5.41, 5.74) is 0. The summed E-state index contributed by atoms with van der Waals surface area (Å²) in [6.45, 7) is 2.10. The van der Waals surface area contributed by atoms with Gasteiger partial charge < -0.3 is 14.8 Å². The number of halogens is 1. The monoisotopic (exact) mass is 221 g/mol. The molecule has 1 atom stereocenters. The second kappa shape index (κ2) is 7.04. The second-order valence-electron chi connectivity index (χ2n) is 3.12. The fourth-order valence-corrected chi connectivity index (χ4v) is 1.37. The summed E-state index contributed by atoms with van der Waals surface area (Å²) in [5, 5.41) is 2.78. The Morgan fingerprint density at radius 3 is 2.93 bits per heavy atom. The van der Waals surface area contributed by atoms with Gasteiger partial charge in [-0.1, -0.05) is 0 Å². The molecule has 5 heteroatoms. The fourth-order valence-electron chi connectivity index (χ4n) is 1.18. The van der Waals surface area contributed by atoms with Crippen LogP contribution in [0.3, 0.4) is 0 Å². The number of amides is 1. The lowest BCUT2D eigenvalue weighted by atomic mass is 10.3. The van der Waals surface area contributed by atoms with E-state index in [1.165, 1.54) is 0 Å². The summed E-state index contributed by atoms with van der Waals surface area (Å²) in [7, 11) is 0. The zero-order valence-corrected chi connectivity index (χ0v) is 8.89.